The van der Waals surface area contributed by atoms with Gasteiger partial charge in [0.25, 0.3) is 0 Å². The summed E-state index contributed by atoms with van der Waals surface area (Å²) >= 11 is 6.51. The number of nitrogens with zero attached hydrogens (tertiary/aromatic N) is 1. The highest BCUT2D eigenvalue weighted by Gasteiger charge is 2.41. The number of rotatable bonds is 7. The van der Waals surface area contributed by atoms with Crippen molar-refractivity contribution in [2.75, 3.05) is 26.8 Å². The smallest absolute Gasteiger partial charge is 0.303 e. The second kappa shape index (κ2) is 10.5. The first-order valence-corrected chi connectivity index (χ1v) is 11.2. The maximum absolute atomic E-state index is 9.64. The molecule has 1 fully saturated rings. The van der Waals surface area contributed by atoms with E-state index in [0.717, 1.165) is 31.3 Å². The standard InChI is InChI=1S/C19H25ClN2O.C4H6O4/c1-3-7-22-10-12(11-23-2)8-14-13-5-4-6-16-18(13)15(9-17(14)22)19(20)21-16;5-3(6)1-2-4(7)8/h4-6,12,14,17,21H,3,7-11H2,1-2H3;1-2H2,(H,5,6)(H,7,8)/t12-,14-,17-;/m1./s1. The molecular weight excluding hydrogens is 420 g/mol. The normalized spacial score (nSPS) is 22.5. The van der Waals surface area contributed by atoms with Gasteiger partial charge in [-0.25, -0.2) is 0 Å². The number of hydrogen-bond acceptors (Lipinski definition) is 4. The highest BCUT2D eigenvalue weighted by Crippen LogP contribution is 2.46. The third-order valence-electron chi connectivity index (χ3n) is 6.20. The zero-order valence-electron chi connectivity index (χ0n) is 18.1. The van der Waals surface area contributed by atoms with Crippen LogP contribution in [-0.4, -0.2) is 64.9 Å². The second-order valence-corrected chi connectivity index (χ2v) is 8.78. The van der Waals surface area contributed by atoms with E-state index in [1.165, 1.54) is 34.9 Å². The highest BCUT2D eigenvalue weighted by molar-refractivity contribution is 6.32. The largest absolute Gasteiger partial charge is 0.481 e. The summed E-state index contributed by atoms with van der Waals surface area (Å²) in [5.74, 6) is -0.933. The minimum Gasteiger partial charge on any atom is -0.481 e. The van der Waals surface area contributed by atoms with Gasteiger partial charge in [0.2, 0.25) is 0 Å². The number of ether oxygens (including phenoxy) is 1. The molecule has 0 saturated carbocycles. The van der Waals surface area contributed by atoms with Gasteiger partial charge in [0, 0.05) is 36.5 Å². The SMILES string of the molecule is CCCN1C[C@H](COC)C[C@@H]2c3cccc4[nH]c(Cl)c(c34)C[C@H]21.O=C(O)CCC(=O)O. The molecule has 1 aliphatic carbocycles. The maximum atomic E-state index is 9.64. The average Bonchev–Trinajstić information content (AvgIpc) is 3.05. The van der Waals surface area contributed by atoms with Gasteiger partial charge in [0.1, 0.15) is 5.15 Å². The zero-order valence-corrected chi connectivity index (χ0v) is 18.8. The Morgan fingerprint density at radius 3 is 2.58 bits per heavy atom. The lowest BCUT2D eigenvalue weighted by molar-refractivity contribution is -0.143. The molecule has 1 aliphatic heterocycles. The monoisotopic (exact) mass is 450 g/mol. The lowest BCUT2D eigenvalue weighted by atomic mass is 9.72. The summed E-state index contributed by atoms with van der Waals surface area (Å²) in [6.45, 7) is 5.44. The van der Waals surface area contributed by atoms with Crippen LogP contribution in [0.2, 0.25) is 5.15 Å². The average molecular weight is 451 g/mol. The number of nitrogens with one attached hydrogen (secondary N) is 1. The van der Waals surface area contributed by atoms with Crippen molar-refractivity contribution in [1.82, 2.24) is 9.88 Å². The Bertz CT molecular complexity index is 914. The summed E-state index contributed by atoms with van der Waals surface area (Å²) in [5, 5.41) is 18.0. The third-order valence-corrected chi connectivity index (χ3v) is 6.52. The summed E-state index contributed by atoms with van der Waals surface area (Å²) < 4.78 is 5.48. The molecule has 2 heterocycles. The minimum absolute atomic E-state index is 0.296. The van der Waals surface area contributed by atoms with Crippen LogP contribution in [0.5, 0.6) is 0 Å². The van der Waals surface area contributed by atoms with Crippen LogP contribution in [0, 0.1) is 5.92 Å². The number of likely N-dealkylation sites (tertiary alicyclic amines) is 1. The molecule has 31 heavy (non-hydrogen) atoms. The van der Waals surface area contributed by atoms with Gasteiger partial charge in [0.05, 0.1) is 19.4 Å². The Labute approximate surface area is 187 Å². The highest BCUT2D eigenvalue weighted by atomic mass is 35.5. The fourth-order valence-electron chi connectivity index (χ4n) is 5.06. The number of aliphatic carboxylic acids is 2. The first-order chi connectivity index (χ1) is 14.8. The number of benzene rings is 1. The number of carbonyl (C=O) groups is 2. The molecule has 0 bridgehead atoms. The van der Waals surface area contributed by atoms with Crippen molar-refractivity contribution >= 4 is 34.4 Å². The van der Waals surface area contributed by atoms with Gasteiger partial charge in [0.15, 0.2) is 0 Å². The third kappa shape index (κ3) is 5.40. The number of carboxylic acids is 2. The van der Waals surface area contributed by atoms with Crippen LogP contribution < -0.4 is 0 Å². The molecule has 4 rings (SSSR count). The fourth-order valence-corrected chi connectivity index (χ4v) is 5.33. The lowest BCUT2D eigenvalue weighted by Gasteiger charge is -2.47. The van der Waals surface area contributed by atoms with Crippen molar-refractivity contribution in [1.29, 1.82) is 0 Å². The molecule has 0 spiro atoms. The van der Waals surface area contributed by atoms with Crippen LogP contribution in [0.15, 0.2) is 18.2 Å². The molecule has 2 aromatic rings. The maximum Gasteiger partial charge on any atom is 0.303 e. The van der Waals surface area contributed by atoms with Crippen LogP contribution >= 0.6 is 11.6 Å². The van der Waals surface area contributed by atoms with Gasteiger partial charge in [-0.2, -0.15) is 0 Å². The molecular formula is C23H31ClN2O5. The van der Waals surface area contributed by atoms with Gasteiger partial charge < -0.3 is 19.9 Å². The van der Waals surface area contributed by atoms with Gasteiger partial charge >= 0.3 is 11.9 Å². The van der Waals surface area contributed by atoms with E-state index in [4.69, 9.17) is 26.6 Å². The first-order valence-electron chi connectivity index (χ1n) is 10.8. The van der Waals surface area contributed by atoms with Crippen molar-refractivity contribution in [3.63, 3.8) is 0 Å². The summed E-state index contributed by atoms with van der Waals surface area (Å²) in [5.41, 5.74) is 4.00. The second-order valence-electron chi connectivity index (χ2n) is 8.40. The zero-order chi connectivity index (χ0) is 22.5. The van der Waals surface area contributed by atoms with Crippen molar-refractivity contribution in [2.24, 2.45) is 5.92 Å². The van der Waals surface area contributed by atoms with E-state index in [0.29, 0.717) is 17.9 Å². The Morgan fingerprint density at radius 1 is 1.26 bits per heavy atom. The molecule has 8 heteroatoms. The Kier molecular flexibility index (Phi) is 7.97. The van der Waals surface area contributed by atoms with E-state index in [1.807, 2.05) is 7.11 Å². The molecule has 1 aromatic carbocycles. The van der Waals surface area contributed by atoms with E-state index in [9.17, 15) is 9.59 Å². The van der Waals surface area contributed by atoms with Crippen LogP contribution in [0.4, 0.5) is 0 Å². The van der Waals surface area contributed by atoms with Crippen LogP contribution in [0.3, 0.4) is 0 Å². The summed E-state index contributed by atoms with van der Waals surface area (Å²) in [4.78, 5) is 25.3. The van der Waals surface area contributed by atoms with Crippen molar-refractivity contribution in [3.05, 3.63) is 34.5 Å². The molecule has 0 radical (unpaired) electrons. The molecule has 3 atom stereocenters. The molecule has 7 nitrogen and oxygen atoms in total. The Balaban J connectivity index is 0.000000293. The van der Waals surface area contributed by atoms with E-state index >= 15 is 0 Å². The van der Waals surface area contributed by atoms with Crippen molar-refractivity contribution < 1.29 is 24.5 Å². The minimum atomic E-state index is -1.08. The predicted octanol–water partition coefficient (Wildman–Crippen LogP) is 4.14. The van der Waals surface area contributed by atoms with Crippen LogP contribution in [0.1, 0.15) is 49.7 Å². The fraction of sp³-hybridized carbons (Fsp3) is 0.565. The number of methoxy groups -OCH3 is 1. The van der Waals surface area contributed by atoms with E-state index < -0.39 is 11.9 Å². The first kappa shape index (κ1) is 23.6. The number of aromatic amines is 1. The number of carboxylic acid groups (broad SMARTS) is 2. The Hall–Kier alpha value is -2.09. The van der Waals surface area contributed by atoms with Gasteiger partial charge in [-0.15, -0.1) is 0 Å². The topological polar surface area (TPSA) is 103 Å². The van der Waals surface area contributed by atoms with Crippen LogP contribution in [0.25, 0.3) is 10.9 Å². The number of hydrogen-bond donors (Lipinski definition) is 3. The number of H-pyrrole nitrogens is 1. The number of fused-ring (bicyclic) bond motifs is 2. The molecule has 2 aliphatic rings. The van der Waals surface area contributed by atoms with E-state index in [-0.39, 0.29) is 12.8 Å². The molecule has 0 unspecified atom stereocenters. The van der Waals surface area contributed by atoms with Crippen LogP contribution in [-0.2, 0) is 20.7 Å². The van der Waals surface area contributed by atoms with E-state index in [1.54, 1.807) is 0 Å². The summed E-state index contributed by atoms with van der Waals surface area (Å²) in [6, 6.07) is 7.20. The van der Waals surface area contributed by atoms with Crippen molar-refractivity contribution in [3.8, 4) is 0 Å². The molecule has 1 saturated heterocycles. The molecule has 1 aromatic heterocycles. The van der Waals surface area contributed by atoms with Gasteiger partial charge in [-0.3, -0.25) is 14.5 Å². The quantitative estimate of drug-likeness (QED) is 0.585. The number of aromatic nitrogens is 1. The number of piperidine rings is 1. The molecule has 3 N–H and O–H groups in total. The summed E-state index contributed by atoms with van der Waals surface area (Å²) in [6.07, 6.45) is 2.89. The lowest BCUT2D eigenvalue weighted by Crippen LogP contribution is -2.51. The molecule has 170 valence electrons. The predicted molar refractivity (Wildman–Crippen MR) is 120 cm³/mol. The number of halogens is 1. The van der Waals surface area contributed by atoms with Gasteiger partial charge in [-0.1, -0.05) is 30.7 Å². The summed E-state index contributed by atoms with van der Waals surface area (Å²) in [7, 11) is 1.82. The van der Waals surface area contributed by atoms with E-state index in [2.05, 4.69) is 35.0 Å². The molecule has 0 amide bonds. The van der Waals surface area contributed by atoms with Gasteiger partial charge in [-0.05, 0) is 48.9 Å². The van der Waals surface area contributed by atoms with Crippen molar-refractivity contribution in [2.45, 2.75) is 51.0 Å². The Morgan fingerprint density at radius 2 is 1.97 bits per heavy atom.